The van der Waals surface area contributed by atoms with Gasteiger partial charge < -0.3 is 0 Å². The first-order valence-electron chi connectivity index (χ1n) is 11.7. The van der Waals surface area contributed by atoms with Crippen molar-refractivity contribution in [2.75, 3.05) is 6.67 Å². The number of carbonyl (C=O) groups excluding carboxylic acids is 1. The van der Waals surface area contributed by atoms with E-state index in [1.54, 1.807) is 0 Å². The maximum atomic E-state index is 13.0. The van der Waals surface area contributed by atoms with Gasteiger partial charge in [0.15, 0.2) is 0 Å². The van der Waals surface area contributed by atoms with E-state index in [1.165, 1.54) is 64.2 Å². The van der Waals surface area contributed by atoms with Crippen LogP contribution in [0.4, 0.5) is 4.39 Å². The lowest BCUT2D eigenvalue weighted by Gasteiger charge is -2.54. The van der Waals surface area contributed by atoms with Crippen LogP contribution in [0, 0.1) is 22.7 Å². The summed E-state index contributed by atoms with van der Waals surface area (Å²) < 4.78 is 12.4. The Balaban J connectivity index is 1.43. The van der Waals surface area contributed by atoms with Gasteiger partial charge in [0.2, 0.25) is 0 Å². The van der Waals surface area contributed by atoms with Crippen LogP contribution in [0.2, 0.25) is 0 Å². The van der Waals surface area contributed by atoms with Crippen LogP contribution in [-0.4, -0.2) is 12.5 Å². The van der Waals surface area contributed by atoms with Crippen molar-refractivity contribution in [1.29, 1.82) is 0 Å². The van der Waals surface area contributed by atoms with Crippen molar-refractivity contribution in [2.24, 2.45) is 22.7 Å². The molecule has 0 aromatic rings. The maximum absolute atomic E-state index is 13.0. The third-order valence-corrected chi connectivity index (χ3v) is 8.46. The number of hydrogen-bond donors (Lipinski definition) is 0. The van der Waals surface area contributed by atoms with Crippen LogP contribution in [0.1, 0.15) is 116 Å². The van der Waals surface area contributed by atoms with Crippen LogP contribution in [-0.2, 0) is 4.79 Å². The molecule has 2 bridgehead atoms. The number of ketones is 1. The molecule has 4 aliphatic rings. The zero-order valence-electron chi connectivity index (χ0n) is 17.2. The summed E-state index contributed by atoms with van der Waals surface area (Å²) in [6.45, 7) is 2.12. The van der Waals surface area contributed by atoms with Gasteiger partial charge in [-0.25, -0.2) is 0 Å². The Bertz CT molecular complexity index is 425. The molecular formula is C24H41FO. The number of unbranched alkanes of at least 4 members (excludes halogenated alkanes) is 2. The molecule has 0 aromatic heterocycles. The van der Waals surface area contributed by atoms with E-state index in [9.17, 15) is 9.18 Å². The van der Waals surface area contributed by atoms with Crippen LogP contribution < -0.4 is 0 Å². The summed E-state index contributed by atoms with van der Waals surface area (Å²) in [7, 11) is 0. The molecule has 0 radical (unpaired) electrons. The highest BCUT2D eigenvalue weighted by molar-refractivity contribution is 5.81. The maximum Gasteiger partial charge on any atom is 0.136 e. The Kier molecular flexibility index (Phi) is 7.19. The highest BCUT2D eigenvalue weighted by atomic mass is 19.1. The lowest BCUT2D eigenvalue weighted by atomic mass is 9.51. The standard InChI is InChI=1S/C24H41FO/c1-2-3-4-11-23-12-15-24(16-13-23,17-14-23)19-22(26)21-9-7-20(8-10-21)6-5-18-25/h20-21H,2-19H2,1H3. The SMILES string of the molecule is CCCCCC12CCC(CC(=O)C3CCC(CCCF)CC3)(CC1)CC2. The van der Waals surface area contributed by atoms with Crippen molar-refractivity contribution >= 4 is 5.78 Å². The molecule has 0 spiro atoms. The molecule has 4 saturated carbocycles. The smallest absolute Gasteiger partial charge is 0.136 e. The summed E-state index contributed by atoms with van der Waals surface area (Å²) >= 11 is 0. The Labute approximate surface area is 160 Å². The largest absolute Gasteiger partial charge is 0.299 e. The first-order chi connectivity index (χ1) is 12.6. The molecule has 0 N–H and O–H groups in total. The molecule has 2 heteroatoms. The fraction of sp³-hybridized carbons (Fsp3) is 0.958. The normalized spacial score (nSPS) is 37.0. The van der Waals surface area contributed by atoms with Gasteiger partial charge >= 0.3 is 0 Å². The van der Waals surface area contributed by atoms with Gasteiger partial charge in [-0.05, 0) is 100 Å². The number of fused-ring (bicyclic) bond motifs is 3. The van der Waals surface area contributed by atoms with Crippen LogP contribution in [0.15, 0.2) is 0 Å². The number of alkyl halides is 1. The van der Waals surface area contributed by atoms with E-state index in [-0.39, 0.29) is 6.67 Å². The Morgan fingerprint density at radius 1 is 0.885 bits per heavy atom. The molecule has 0 aliphatic heterocycles. The van der Waals surface area contributed by atoms with Gasteiger partial charge in [-0.3, -0.25) is 9.18 Å². The first-order valence-corrected chi connectivity index (χ1v) is 11.7. The van der Waals surface area contributed by atoms with Gasteiger partial charge in [0, 0.05) is 12.3 Å². The second-order valence-electron chi connectivity index (χ2n) is 10.1. The van der Waals surface area contributed by atoms with Crippen LogP contribution in [0.5, 0.6) is 0 Å². The molecule has 0 unspecified atom stereocenters. The topological polar surface area (TPSA) is 17.1 Å². The molecular weight excluding hydrogens is 323 g/mol. The molecule has 0 saturated heterocycles. The summed E-state index contributed by atoms with van der Waals surface area (Å²) in [5, 5.41) is 0. The van der Waals surface area contributed by atoms with Crippen molar-refractivity contribution < 1.29 is 9.18 Å². The number of hydrogen-bond acceptors (Lipinski definition) is 1. The van der Waals surface area contributed by atoms with Crippen molar-refractivity contribution in [2.45, 2.75) is 116 Å². The highest BCUT2D eigenvalue weighted by Crippen LogP contribution is 2.60. The third-order valence-electron chi connectivity index (χ3n) is 8.46. The number of carbonyl (C=O) groups is 1. The number of Topliss-reactive ketones (excluding diaryl/α,β-unsaturated/α-hetero) is 1. The van der Waals surface area contributed by atoms with E-state index in [4.69, 9.17) is 0 Å². The van der Waals surface area contributed by atoms with Gasteiger partial charge in [0.25, 0.3) is 0 Å². The zero-order valence-corrected chi connectivity index (χ0v) is 17.2. The fourth-order valence-electron chi connectivity index (χ4n) is 6.38. The van der Waals surface area contributed by atoms with Crippen molar-refractivity contribution in [3.05, 3.63) is 0 Å². The van der Waals surface area contributed by atoms with Crippen molar-refractivity contribution in [3.63, 3.8) is 0 Å². The van der Waals surface area contributed by atoms with Crippen LogP contribution in [0.3, 0.4) is 0 Å². The number of rotatable bonds is 10. The molecule has 0 heterocycles. The van der Waals surface area contributed by atoms with E-state index >= 15 is 0 Å². The fourth-order valence-corrected chi connectivity index (χ4v) is 6.38. The average molecular weight is 365 g/mol. The van der Waals surface area contributed by atoms with Gasteiger partial charge in [-0.1, -0.05) is 26.2 Å². The molecule has 26 heavy (non-hydrogen) atoms. The molecule has 4 aliphatic carbocycles. The van der Waals surface area contributed by atoms with Gasteiger partial charge in [-0.2, -0.15) is 0 Å². The van der Waals surface area contributed by atoms with E-state index in [1.807, 2.05) is 0 Å². The first kappa shape index (κ1) is 20.3. The Morgan fingerprint density at radius 2 is 1.50 bits per heavy atom. The van der Waals surface area contributed by atoms with Crippen molar-refractivity contribution in [3.8, 4) is 0 Å². The molecule has 4 rings (SSSR count). The minimum atomic E-state index is -0.179. The molecule has 1 nitrogen and oxygen atoms in total. The van der Waals surface area contributed by atoms with Crippen LogP contribution >= 0.6 is 0 Å². The lowest BCUT2D eigenvalue weighted by Crippen LogP contribution is -2.43. The van der Waals surface area contributed by atoms with E-state index in [0.29, 0.717) is 34.9 Å². The molecule has 0 aromatic carbocycles. The second-order valence-corrected chi connectivity index (χ2v) is 10.1. The van der Waals surface area contributed by atoms with Gasteiger partial charge in [0.05, 0.1) is 6.67 Å². The Hall–Kier alpha value is -0.400. The summed E-state index contributed by atoms with van der Waals surface area (Å²) in [6.07, 6.45) is 20.8. The average Bonchev–Trinajstić information content (AvgIpc) is 2.68. The lowest BCUT2D eigenvalue weighted by molar-refractivity contribution is -0.130. The van der Waals surface area contributed by atoms with E-state index < -0.39 is 0 Å². The number of halogens is 1. The van der Waals surface area contributed by atoms with E-state index in [0.717, 1.165) is 38.5 Å². The zero-order chi connectivity index (χ0) is 18.5. The minimum Gasteiger partial charge on any atom is -0.299 e. The molecule has 0 atom stereocenters. The van der Waals surface area contributed by atoms with Crippen molar-refractivity contribution in [1.82, 2.24) is 0 Å². The highest BCUT2D eigenvalue weighted by Gasteiger charge is 2.49. The summed E-state index contributed by atoms with van der Waals surface area (Å²) in [5.41, 5.74) is 1.02. The third kappa shape index (κ3) is 4.90. The summed E-state index contributed by atoms with van der Waals surface area (Å²) in [4.78, 5) is 13.0. The van der Waals surface area contributed by atoms with Gasteiger partial charge in [-0.15, -0.1) is 0 Å². The van der Waals surface area contributed by atoms with E-state index in [2.05, 4.69) is 6.92 Å². The molecule has 150 valence electrons. The molecule has 0 amide bonds. The predicted octanol–water partition coefficient (Wildman–Crippen LogP) is 7.42. The quantitative estimate of drug-likeness (QED) is 0.368. The summed E-state index contributed by atoms with van der Waals surface area (Å²) in [5.74, 6) is 1.58. The monoisotopic (exact) mass is 364 g/mol. The Morgan fingerprint density at radius 3 is 2.08 bits per heavy atom. The predicted molar refractivity (Wildman–Crippen MR) is 107 cm³/mol. The van der Waals surface area contributed by atoms with Gasteiger partial charge in [0.1, 0.15) is 5.78 Å². The second kappa shape index (κ2) is 9.20. The van der Waals surface area contributed by atoms with Crippen LogP contribution in [0.25, 0.3) is 0 Å². The summed E-state index contributed by atoms with van der Waals surface area (Å²) in [6, 6.07) is 0. The molecule has 4 fully saturated rings. The minimum absolute atomic E-state index is 0.179.